The summed E-state index contributed by atoms with van der Waals surface area (Å²) in [5.41, 5.74) is -0.159. The van der Waals surface area contributed by atoms with Crippen LogP contribution in [0.2, 0.25) is 0 Å². The Morgan fingerprint density at radius 2 is 2.50 bits per heavy atom. The molecule has 76 valence electrons. The van der Waals surface area contributed by atoms with Crippen LogP contribution in [0, 0.1) is 0 Å². The Bertz CT molecular complexity index is 394. The third-order valence-corrected chi connectivity index (χ3v) is 3.28. The van der Waals surface area contributed by atoms with Gasteiger partial charge in [0.15, 0.2) is 0 Å². The number of alkyl halides is 1. The Kier molecular flexibility index (Phi) is 2.78. The van der Waals surface area contributed by atoms with E-state index in [2.05, 4.69) is 25.9 Å². The van der Waals surface area contributed by atoms with Crippen molar-refractivity contribution in [3.05, 3.63) is 21.2 Å². The number of hydrogen-bond donors (Lipinski definition) is 1. The van der Waals surface area contributed by atoms with E-state index in [-0.39, 0.29) is 10.9 Å². The molecule has 0 radical (unpaired) electrons. The Hall–Kier alpha value is -0.550. The van der Waals surface area contributed by atoms with E-state index in [1.54, 1.807) is 0 Å². The highest BCUT2D eigenvalue weighted by atomic mass is 79.9. The summed E-state index contributed by atoms with van der Waals surface area (Å²) in [4.78, 5) is 19.9. The number of nitrogens with zero attached hydrogens (tertiary/aromatic N) is 2. The fourth-order valence-electron chi connectivity index (χ4n) is 1.50. The number of halogens is 2. The second kappa shape index (κ2) is 3.90. The summed E-state index contributed by atoms with van der Waals surface area (Å²) >= 11 is 9.20. The molecule has 1 fully saturated rings. The maximum Gasteiger partial charge on any atom is 0.267 e. The van der Waals surface area contributed by atoms with Crippen molar-refractivity contribution >= 4 is 33.3 Å². The van der Waals surface area contributed by atoms with Crippen molar-refractivity contribution in [3.63, 3.8) is 0 Å². The second-order valence-electron chi connectivity index (χ2n) is 3.20. The molecule has 1 aromatic rings. The predicted molar refractivity (Wildman–Crippen MR) is 59.0 cm³/mol. The molecule has 0 spiro atoms. The molecule has 0 aromatic carbocycles. The molecule has 0 bridgehead atoms. The van der Waals surface area contributed by atoms with Gasteiger partial charge in [0.1, 0.15) is 10.3 Å². The molecular weight excluding hydrogens is 269 g/mol. The van der Waals surface area contributed by atoms with Gasteiger partial charge in [0.25, 0.3) is 5.56 Å². The SMILES string of the molecule is O=c1[nH]cnc(N2CCC(Cl)C2)c1Br. The van der Waals surface area contributed by atoms with Gasteiger partial charge >= 0.3 is 0 Å². The van der Waals surface area contributed by atoms with E-state index in [4.69, 9.17) is 11.6 Å². The zero-order chi connectivity index (χ0) is 10.1. The van der Waals surface area contributed by atoms with Crippen LogP contribution in [-0.2, 0) is 0 Å². The zero-order valence-corrected chi connectivity index (χ0v) is 9.68. The quantitative estimate of drug-likeness (QED) is 0.789. The van der Waals surface area contributed by atoms with Crippen LogP contribution >= 0.6 is 27.5 Å². The minimum atomic E-state index is -0.159. The molecule has 1 aromatic heterocycles. The summed E-state index contributed by atoms with van der Waals surface area (Å²) in [6.07, 6.45) is 2.34. The van der Waals surface area contributed by atoms with E-state index in [1.165, 1.54) is 6.33 Å². The predicted octanol–water partition coefficient (Wildman–Crippen LogP) is 1.35. The van der Waals surface area contributed by atoms with Crippen molar-refractivity contribution in [1.29, 1.82) is 0 Å². The summed E-state index contributed by atoms with van der Waals surface area (Å²) in [6.45, 7) is 1.60. The summed E-state index contributed by atoms with van der Waals surface area (Å²) < 4.78 is 0.478. The third-order valence-electron chi connectivity index (χ3n) is 2.21. The molecule has 0 saturated carbocycles. The van der Waals surface area contributed by atoms with Gasteiger partial charge in [-0.05, 0) is 22.4 Å². The van der Waals surface area contributed by atoms with Gasteiger partial charge in [0, 0.05) is 13.1 Å². The summed E-state index contributed by atoms with van der Waals surface area (Å²) in [5, 5.41) is 0.156. The molecule has 0 aliphatic carbocycles. The largest absolute Gasteiger partial charge is 0.354 e. The first-order valence-corrected chi connectivity index (χ1v) is 5.53. The molecule has 4 nitrogen and oxygen atoms in total. The highest BCUT2D eigenvalue weighted by Gasteiger charge is 2.23. The van der Waals surface area contributed by atoms with Crippen LogP contribution in [-0.4, -0.2) is 28.4 Å². The second-order valence-corrected chi connectivity index (χ2v) is 4.61. The highest BCUT2D eigenvalue weighted by molar-refractivity contribution is 9.10. The fraction of sp³-hybridized carbons (Fsp3) is 0.500. The number of rotatable bonds is 1. The maximum absolute atomic E-state index is 11.3. The smallest absolute Gasteiger partial charge is 0.267 e. The Labute approximate surface area is 94.4 Å². The van der Waals surface area contributed by atoms with E-state index >= 15 is 0 Å². The van der Waals surface area contributed by atoms with Crippen LogP contribution in [0.1, 0.15) is 6.42 Å². The Morgan fingerprint density at radius 1 is 1.71 bits per heavy atom. The van der Waals surface area contributed by atoms with Crippen LogP contribution in [0.3, 0.4) is 0 Å². The van der Waals surface area contributed by atoms with Crippen molar-refractivity contribution in [3.8, 4) is 0 Å². The van der Waals surface area contributed by atoms with Crippen molar-refractivity contribution in [2.24, 2.45) is 0 Å². The average molecular weight is 279 g/mol. The molecule has 1 saturated heterocycles. The first kappa shape index (κ1) is 9.98. The van der Waals surface area contributed by atoms with Gasteiger partial charge in [-0.15, -0.1) is 11.6 Å². The number of H-pyrrole nitrogens is 1. The summed E-state index contributed by atoms with van der Waals surface area (Å²) in [7, 11) is 0. The number of nitrogens with one attached hydrogen (secondary N) is 1. The van der Waals surface area contributed by atoms with Gasteiger partial charge in [-0.2, -0.15) is 0 Å². The number of aromatic nitrogens is 2. The van der Waals surface area contributed by atoms with Crippen molar-refractivity contribution in [2.75, 3.05) is 18.0 Å². The van der Waals surface area contributed by atoms with Crippen LogP contribution in [0.5, 0.6) is 0 Å². The molecule has 14 heavy (non-hydrogen) atoms. The molecule has 0 amide bonds. The summed E-state index contributed by atoms with van der Waals surface area (Å²) in [6, 6.07) is 0. The van der Waals surface area contributed by atoms with E-state index in [0.717, 1.165) is 19.5 Å². The van der Waals surface area contributed by atoms with Gasteiger partial charge < -0.3 is 9.88 Å². The first-order chi connectivity index (χ1) is 6.68. The highest BCUT2D eigenvalue weighted by Crippen LogP contribution is 2.24. The molecule has 1 aliphatic rings. The maximum atomic E-state index is 11.3. The topological polar surface area (TPSA) is 49.0 Å². The standard InChI is InChI=1S/C8H9BrClN3O/c9-6-7(11-4-12-8(6)14)13-2-1-5(10)3-13/h4-5H,1-3H2,(H,11,12,14). The number of hydrogen-bond acceptors (Lipinski definition) is 3. The van der Waals surface area contributed by atoms with Crippen molar-refractivity contribution in [1.82, 2.24) is 9.97 Å². The minimum absolute atomic E-state index is 0.156. The van der Waals surface area contributed by atoms with Crippen molar-refractivity contribution < 1.29 is 0 Å². The lowest BCUT2D eigenvalue weighted by atomic mass is 10.4. The van der Waals surface area contributed by atoms with E-state index in [1.807, 2.05) is 4.90 Å². The van der Waals surface area contributed by atoms with E-state index < -0.39 is 0 Å². The molecule has 1 aliphatic heterocycles. The van der Waals surface area contributed by atoms with Gasteiger partial charge in [-0.1, -0.05) is 0 Å². The Morgan fingerprint density at radius 3 is 3.14 bits per heavy atom. The molecule has 2 heterocycles. The molecule has 6 heteroatoms. The van der Waals surface area contributed by atoms with Crippen LogP contribution in [0.4, 0.5) is 5.82 Å². The average Bonchev–Trinajstić information content (AvgIpc) is 2.57. The third kappa shape index (κ3) is 1.79. The van der Waals surface area contributed by atoms with Gasteiger partial charge in [0.2, 0.25) is 0 Å². The normalized spacial score (nSPS) is 21.6. The molecule has 1 N–H and O–H groups in total. The molecule has 1 unspecified atom stereocenters. The Balaban J connectivity index is 2.33. The van der Waals surface area contributed by atoms with Crippen LogP contribution in [0.15, 0.2) is 15.6 Å². The van der Waals surface area contributed by atoms with Crippen LogP contribution in [0.25, 0.3) is 0 Å². The number of aromatic amines is 1. The van der Waals surface area contributed by atoms with Crippen molar-refractivity contribution in [2.45, 2.75) is 11.8 Å². The molecule has 2 rings (SSSR count). The van der Waals surface area contributed by atoms with Crippen LogP contribution < -0.4 is 10.5 Å². The van der Waals surface area contributed by atoms with E-state index in [9.17, 15) is 4.79 Å². The van der Waals surface area contributed by atoms with E-state index in [0.29, 0.717) is 10.3 Å². The first-order valence-electron chi connectivity index (χ1n) is 4.30. The zero-order valence-electron chi connectivity index (χ0n) is 7.33. The van der Waals surface area contributed by atoms with Gasteiger partial charge in [-0.3, -0.25) is 4.79 Å². The minimum Gasteiger partial charge on any atom is -0.354 e. The van der Waals surface area contributed by atoms with Gasteiger partial charge in [-0.25, -0.2) is 4.98 Å². The monoisotopic (exact) mass is 277 g/mol. The lowest BCUT2D eigenvalue weighted by Crippen LogP contribution is -2.24. The summed E-state index contributed by atoms with van der Waals surface area (Å²) in [5.74, 6) is 0.678. The lowest BCUT2D eigenvalue weighted by Gasteiger charge is -2.16. The molecular formula is C8H9BrClN3O. The fourth-order valence-corrected chi connectivity index (χ4v) is 2.24. The molecule has 1 atom stereocenters. The van der Waals surface area contributed by atoms with Gasteiger partial charge in [0.05, 0.1) is 11.7 Å². The number of anilines is 1. The lowest BCUT2D eigenvalue weighted by molar-refractivity contribution is 0.914.